The van der Waals surface area contributed by atoms with Crippen molar-refractivity contribution in [1.82, 2.24) is 10.3 Å². The minimum absolute atomic E-state index is 0.190. The molecule has 23 N–H and O–H groups in total. The van der Waals surface area contributed by atoms with E-state index in [1.54, 1.807) is 11.8 Å². The monoisotopic (exact) mass is 978 g/mol. The molecule has 8 atom stereocenters. The molecule has 0 amide bonds. The Morgan fingerprint density at radius 3 is 1.52 bits per heavy atom. The molecule has 26 heteroatoms. The molecule has 0 radical (unpaired) electrons. The number of aliphatic carboxylic acids is 7. The lowest BCUT2D eigenvalue weighted by atomic mass is 10.1. The molecule has 0 bridgehead atoms. The predicted molar refractivity (Wildman–Crippen MR) is 250 cm³/mol. The first kappa shape index (κ1) is 64.9. The van der Waals surface area contributed by atoms with Crippen molar-refractivity contribution in [2.75, 3.05) is 30.9 Å². The smallest absolute Gasteiger partial charge is 0.323 e. The zero-order valence-corrected chi connectivity index (χ0v) is 38.2. The van der Waals surface area contributed by atoms with Crippen LogP contribution >= 0.6 is 24.4 Å². The number of hydrogen-bond acceptors (Lipinski definition) is 18. The molecule has 4 rings (SSSR count). The van der Waals surface area contributed by atoms with Crippen LogP contribution < -0.4 is 39.7 Å². The van der Waals surface area contributed by atoms with E-state index < -0.39 is 90.7 Å². The molecule has 1 saturated heterocycles. The minimum atomic E-state index is -1.18. The molecule has 1 aromatic heterocycles. The number of rotatable bonds is 17. The zero-order chi connectivity index (χ0) is 51.5. The summed E-state index contributed by atoms with van der Waals surface area (Å²) in [5.41, 5.74) is 33.5. The number of aromatic amines is 1. The summed E-state index contributed by atoms with van der Waals surface area (Å²) in [7, 11) is 0. The topological polar surface area (TPSA) is 485 Å². The number of benzene rings is 2. The van der Waals surface area contributed by atoms with Crippen LogP contribution in [0.4, 0.5) is 0 Å². The van der Waals surface area contributed by atoms with Crippen molar-refractivity contribution >= 4 is 77.1 Å². The average molecular weight is 979 g/mol. The number of carbonyl (C=O) groups is 7. The summed E-state index contributed by atoms with van der Waals surface area (Å²) in [6.07, 6.45) is 5.83. The number of carboxylic acids is 7. The summed E-state index contributed by atoms with van der Waals surface area (Å²) < 4.78 is 0. The third-order valence-corrected chi connectivity index (χ3v) is 9.23. The predicted octanol–water partition coefficient (Wildman–Crippen LogP) is -1.76. The molecule has 1 aliphatic rings. The second kappa shape index (κ2) is 37.8. The van der Waals surface area contributed by atoms with Crippen LogP contribution in [0.25, 0.3) is 10.9 Å². The first-order chi connectivity index (χ1) is 30.8. The Balaban J connectivity index is -0.000000717. The van der Waals surface area contributed by atoms with Gasteiger partial charge in [0.05, 0.1) is 12.7 Å². The first-order valence-electron chi connectivity index (χ1n) is 19.6. The van der Waals surface area contributed by atoms with Gasteiger partial charge in [-0.2, -0.15) is 24.4 Å². The van der Waals surface area contributed by atoms with Crippen LogP contribution in [0.3, 0.4) is 0 Å². The molecule has 2 heterocycles. The van der Waals surface area contributed by atoms with Gasteiger partial charge >= 0.3 is 41.8 Å². The highest BCUT2D eigenvalue weighted by atomic mass is 32.2. The van der Waals surface area contributed by atoms with E-state index in [9.17, 15) is 33.6 Å². The van der Waals surface area contributed by atoms with E-state index in [4.69, 9.17) is 80.4 Å². The van der Waals surface area contributed by atoms with E-state index >= 15 is 0 Å². The molecule has 0 saturated carbocycles. The number of H-pyrrole nitrogens is 1. The third kappa shape index (κ3) is 32.3. The molecule has 0 aliphatic carbocycles. The van der Waals surface area contributed by atoms with Gasteiger partial charge in [0.2, 0.25) is 0 Å². The number of nitrogens with one attached hydrogen (secondary N) is 2. The third-order valence-electron chi connectivity index (χ3n) is 8.19. The summed E-state index contributed by atoms with van der Waals surface area (Å²) in [6.45, 7) is 1.69. The van der Waals surface area contributed by atoms with Crippen molar-refractivity contribution in [3.05, 3.63) is 71.9 Å². The van der Waals surface area contributed by atoms with E-state index in [-0.39, 0.29) is 11.8 Å². The number of carboxylic acid groups (broad SMARTS) is 7. The van der Waals surface area contributed by atoms with Gasteiger partial charge in [-0.15, -0.1) is 0 Å². The number of fused-ring (bicyclic) bond motifs is 1. The molecule has 3 aromatic rings. The minimum Gasteiger partial charge on any atom is -0.480 e. The van der Waals surface area contributed by atoms with E-state index in [2.05, 4.69) is 22.9 Å². The van der Waals surface area contributed by atoms with Gasteiger partial charge in [0, 0.05) is 29.3 Å². The number of aromatic nitrogens is 1. The van der Waals surface area contributed by atoms with Crippen molar-refractivity contribution in [1.29, 1.82) is 0 Å². The molecule has 374 valence electrons. The van der Waals surface area contributed by atoms with Crippen LogP contribution in [0, 0.1) is 0 Å². The van der Waals surface area contributed by atoms with Gasteiger partial charge in [0.25, 0.3) is 0 Å². The van der Waals surface area contributed by atoms with Crippen molar-refractivity contribution in [3.8, 4) is 0 Å². The van der Waals surface area contributed by atoms with Gasteiger partial charge in [-0.3, -0.25) is 33.6 Å². The quantitative estimate of drug-likeness (QED) is 0.0666. The van der Waals surface area contributed by atoms with Gasteiger partial charge < -0.3 is 90.7 Å². The van der Waals surface area contributed by atoms with E-state index in [0.29, 0.717) is 19.3 Å². The first-order valence-corrected chi connectivity index (χ1v) is 21.7. The maximum Gasteiger partial charge on any atom is 0.323 e. The van der Waals surface area contributed by atoms with Crippen LogP contribution in [-0.2, 0) is 46.4 Å². The van der Waals surface area contributed by atoms with Crippen LogP contribution in [-0.4, -0.2) is 172 Å². The van der Waals surface area contributed by atoms with E-state index in [1.165, 1.54) is 6.92 Å². The molecule has 0 spiro atoms. The summed E-state index contributed by atoms with van der Waals surface area (Å²) >= 11 is 5.25. The van der Waals surface area contributed by atoms with Crippen molar-refractivity contribution in [2.24, 2.45) is 34.4 Å². The highest BCUT2D eigenvalue weighted by molar-refractivity contribution is 7.98. The fourth-order valence-corrected chi connectivity index (χ4v) is 4.85. The van der Waals surface area contributed by atoms with Gasteiger partial charge in [-0.25, -0.2) is 0 Å². The Kier molecular flexibility index (Phi) is 37.2. The standard InChI is InChI=1S/C11H12N2O2.C9H11NO2.C5H11NO2S.C5H9NO2.C4H9NO3.C3H7NO3.C3H7NO2S/c12-9(11(14)15)5-7-6-13-10-4-2-1-3-8(7)10;10-8(9(11)12)6-7-4-2-1-3-5-7;1-9-3-2-4(6)5(7)8;7-5(8)4-2-1-3-6-4;1-2(6)3(5)4(7)8;4-2(1-5)3(6)7;4-2(1-7)3(5)6/h1-4,6,9,13H,5,12H2,(H,14,15);1-5,8H,6,10H2,(H,11,12);4H,2-3,6H2,1H3,(H,7,8);4,6H,1-3H2,(H,7,8);2-3,6H,5H2,1H3,(H,7,8);2,5H,1,4H2,(H,6,7);2,7H,1,4H2,(H,5,6). The number of hydrogen-bond donors (Lipinski definition) is 18. The van der Waals surface area contributed by atoms with Crippen LogP contribution in [0.5, 0.6) is 0 Å². The lowest BCUT2D eigenvalue weighted by Crippen LogP contribution is -2.39. The number of aliphatic hydroxyl groups is 2. The highest BCUT2D eigenvalue weighted by Crippen LogP contribution is 2.18. The summed E-state index contributed by atoms with van der Waals surface area (Å²) in [4.78, 5) is 73.6. The van der Waals surface area contributed by atoms with Gasteiger partial charge in [-0.1, -0.05) is 48.5 Å². The molecular formula is C40H66N8O16S2. The maximum absolute atomic E-state index is 10.6. The molecule has 1 aliphatic heterocycles. The fraction of sp³-hybridized carbons (Fsp3) is 0.475. The summed E-state index contributed by atoms with van der Waals surface area (Å²) in [5, 5.41) is 78.2. The lowest BCUT2D eigenvalue weighted by molar-refractivity contribution is -0.141. The SMILES string of the molecule is CC(O)C(N)C(=O)O.CSCCC(N)C(=O)O.NC(CO)C(=O)O.NC(CS)C(=O)O.NC(Cc1c[nH]c2ccccc12)C(=O)O.NC(Cc1ccccc1)C(=O)O.O=C(O)C1CCCN1. The molecule has 1 fully saturated rings. The van der Waals surface area contributed by atoms with Gasteiger partial charge in [0.15, 0.2) is 0 Å². The average Bonchev–Trinajstić information content (AvgIpc) is 3.97. The van der Waals surface area contributed by atoms with Crippen molar-refractivity contribution in [3.63, 3.8) is 0 Å². The Hall–Kier alpha value is -5.39. The molecule has 2 aromatic carbocycles. The van der Waals surface area contributed by atoms with Gasteiger partial charge in [-0.05, 0) is 68.4 Å². The fourth-order valence-electron chi connectivity index (χ4n) is 4.21. The molecule has 8 unspecified atom stereocenters. The van der Waals surface area contributed by atoms with E-state index in [0.717, 1.165) is 47.2 Å². The second-order valence-electron chi connectivity index (χ2n) is 13.7. The Bertz CT molecular complexity index is 1820. The van der Waals surface area contributed by atoms with Crippen LogP contribution in [0.2, 0.25) is 0 Å². The van der Waals surface area contributed by atoms with Gasteiger partial charge in [0.1, 0.15) is 42.3 Å². The number of aliphatic hydroxyl groups excluding tert-OH is 2. The normalized spacial score (nSPS) is 15.3. The van der Waals surface area contributed by atoms with Crippen molar-refractivity contribution < 1.29 is 79.5 Å². The molecule has 66 heavy (non-hydrogen) atoms. The zero-order valence-electron chi connectivity index (χ0n) is 36.5. The van der Waals surface area contributed by atoms with E-state index in [1.807, 2.05) is 67.0 Å². The lowest BCUT2D eigenvalue weighted by Gasteiger charge is -2.06. The Morgan fingerprint density at radius 1 is 0.697 bits per heavy atom. The number of thioether (sulfide) groups is 1. The highest BCUT2D eigenvalue weighted by Gasteiger charge is 2.20. The Morgan fingerprint density at radius 2 is 1.18 bits per heavy atom. The number of thiol groups is 1. The Labute approximate surface area is 390 Å². The number of para-hydroxylation sites is 1. The number of nitrogens with two attached hydrogens (primary N) is 6. The van der Waals surface area contributed by atoms with Crippen molar-refractivity contribution in [2.45, 2.75) is 87.4 Å². The van der Waals surface area contributed by atoms with Crippen LogP contribution in [0.15, 0.2) is 60.8 Å². The summed E-state index contributed by atoms with van der Waals surface area (Å²) in [5.74, 6) is -5.92. The maximum atomic E-state index is 10.6. The molecule has 24 nitrogen and oxygen atoms in total. The summed E-state index contributed by atoms with van der Waals surface area (Å²) in [6, 6.07) is 11.4. The van der Waals surface area contributed by atoms with Crippen LogP contribution in [0.1, 0.15) is 37.3 Å². The largest absolute Gasteiger partial charge is 0.480 e. The second-order valence-corrected chi connectivity index (χ2v) is 15.1. The molecular weight excluding hydrogens is 913 g/mol.